The summed E-state index contributed by atoms with van der Waals surface area (Å²) in [6, 6.07) is 12.6. The second-order valence-electron chi connectivity index (χ2n) is 7.69. The summed E-state index contributed by atoms with van der Waals surface area (Å²) in [6.45, 7) is 13.0. The molecule has 26 heavy (non-hydrogen) atoms. The highest BCUT2D eigenvalue weighted by molar-refractivity contribution is 5.91. The highest BCUT2D eigenvalue weighted by Gasteiger charge is 2.16. The third-order valence-corrected chi connectivity index (χ3v) is 4.45. The third-order valence-electron chi connectivity index (χ3n) is 4.45. The second-order valence-corrected chi connectivity index (χ2v) is 7.69. The monoisotopic (exact) mass is 356 g/mol. The Hall–Kier alpha value is -2.07. The third kappa shape index (κ3) is 6.34. The predicted octanol–water partition coefficient (Wildman–Crippen LogP) is 4.77. The van der Waals surface area contributed by atoms with Gasteiger partial charge in [-0.05, 0) is 50.8 Å². The average Bonchev–Trinajstić information content (AvgIpc) is 3.02. The van der Waals surface area contributed by atoms with E-state index >= 15 is 0 Å². The molecule has 1 heterocycles. The Morgan fingerprint density at radius 3 is 2.54 bits per heavy atom. The van der Waals surface area contributed by atoms with Crippen LogP contribution in [0.5, 0.6) is 0 Å². The fourth-order valence-electron chi connectivity index (χ4n) is 2.81. The van der Waals surface area contributed by atoms with Crippen LogP contribution < -0.4 is 5.32 Å². The molecule has 4 heteroatoms. The number of rotatable bonds is 9. The minimum Gasteiger partial charge on any atom is -0.455 e. The summed E-state index contributed by atoms with van der Waals surface area (Å²) in [5, 5.41) is 2.92. The summed E-state index contributed by atoms with van der Waals surface area (Å²) >= 11 is 0. The van der Waals surface area contributed by atoms with Crippen molar-refractivity contribution in [3.05, 3.63) is 59.0 Å². The lowest BCUT2D eigenvalue weighted by molar-refractivity contribution is 0.0919. The minimum absolute atomic E-state index is 0.133. The van der Waals surface area contributed by atoms with E-state index in [2.05, 4.69) is 69.1 Å². The first-order valence-electron chi connectivity index (χ1n) is 9.51. The van der Waals surface area contributed by atoms with Gasteiger partial charge in [-0.1, -0.05) is 43.7 Å². The fraction of sp³-hybridized carbons (Fsp3) is 0.500. The van der Waals surface area contributed by atoms with Gasteiger partial charge in [0.25, 0.3) is 5.91 Å². The van der Waals surface area contributed by atoms with E-state index in [-0.39, 0.29) is 5.91 Å². The molecule has 0 radical (unpaired) electrons. The van der Waals surface area contributed by atoms with Gasteiger partial charge in [0.2, 0.25) is 0 Å². The molecule has 0 saturated heterocycles. The summed E-state index contributed by atoms with van der Waals surface area (Å²) in [5.41, 5.74) is 2.56. The topological polar surface area (TPSA) is 45.5 Å². The van der Waals surface area contributed by atoms with Crippen LogP contribution in [0.4, 0.5) is 0 Å². The van der Waals surface area contributed by atoms with Gasteiger partial charge in [-0.2, -0.15) is 0 Å². The van der Waals surface area contributed by atoms with Crippen molar-refractivity contribution < 1.29 is 9.21 Å². The molecule has 0 fully saturated rings. The number of furan rings is 1. The molecule has 1 aromatic carbocycles. The van der Waals surface area contributed by atoms with Crippen molar-refractivity contribution in [1.82, 2.24) is 10.2 Å². The molecular weight excluding hydrogens is 324 g/mol. The van der Waals surface area contributed by atoms with Crippen molar-refractivity contribution in [2.24, 2.45) is 5.92 Å². The van der Waals surface area contributed by atoms with Crippen molar-refractivity contribution in [1.29, 1.82) is 0 Å². The highest BCUT2D eigenvalue weighted by atomic mass is 16.4. The van der Waals surface area contributed by atoms with Gasteiger partial charge in [-0.3, -0.25) is 9.69 Å². The van der Waals surface area contributed by atoms with E-state index in [1.807, 2.05) is 6.07 Å². The lowest BCUT2D eigenvalue weighted by atomic mass is 10.1. The first kappa shape index (κ1) is 20.2. The number of carbonyl (C=O) groups is 1. The molecule has 1 N–H and O–H groups in total. The zero-order valence-corrected chi connectivity index (χ0v) is 16.7. The summed E-state index contributed by atoms with van der Waals surface area (Å²) in [5.74, 6) is 1.65. The van der Waals surface area contributed by atoms with Crippen LogP contribution >= 0.6 is 0 Å². The molecule has 0 unspecified atom stereocenters. The molecule has 1 aromatic heterocycles. The van der Waals surface area contributed by atoms with Gasteiger partial charge in [-0.25, -0.2) is 0 Å². The number of nitrogens with zero attached hydrogens (tertiary/aromatic N) is 1. The Labute approximate surface area is 157 Å². The van der Waals surface area contributed by atoms with E-state index in [1.54, 1.807) is 6.07 Å². The smallest absolute Gasteiger partial charge is 0.286 e. The molecule has 0 aliphatic heterocycles. The van der Waals surface area contributed by atoms with Gasteiger partial charge >= 0.3 is 0 Å². The molecule has 0 spiro atoms. The minimum atomic E-state index is -0.133. The normalized spacial score (nSPS) is 11.5. The number of hydrogen-bond acceptors (Lipinski definition) is 3. The van der Waals surface area contributed by atoms with Gasteiger partial charge in [0, 0.05) is 19.1 Å². The standard InChI is InChI=1S/C22H32N2O2/c1-16(2)11-12-23-22(25)21-10-9-20(26-21)15-24(17(3)4)14-19-8-6-7-18(5)13-19/h6-10,13,16-17H,11-12,14-15H2,1-5H3,(H,23,25). The van der Waals surface area contributed by atoms with Gasteiger partial charge in [0.05, 0.1) is 6.54 Å². The van der Waals surface area contributed by atoms with Gasteiger partial charge in [0.15, 0.2) is 5.76 Å². The van der Waals surface area contributed by atoms with E-state index in [4.69, 9.17) is 4.42 Å². The number of nitrogens with one attached hydrogen (secondary N) is 1. The van der Waals surface area contributed by atoms with Gasteiger partial charge in [-0.15, -0.1) is 0 Å². The number of hydrogen-bond donors (Lipinski definition) is 1. The lowest BCUT2D eigenvalue weighted by Crippen LogP contribution is -2.29. The Balaban J connectivity index is 1.97. The molecule has 4 nitrogen and oxygen atoms in total. The SMILES string of the molecule is Cc1cccc(CN(Cc2ccc(C(=O)NCCC(C)C)o2)C(C)C)c1. The van der Waals surface area contributed by atoms with Crippen molar-refractivity contribution in [3.8, 4) is 0 Å². The maximum atomic E-state index is 12.2. The predicted molar refractivity (Wildman–Crippen MR) is 106 cm³/mol. The molecule has 1 amide bonds. The maximum absolute atomic E-state index is 12.2. The molecule has 0 atom stereocenters. The first-order chi connectivity index (χ1) is 12.3. The molecular formula is C22H32N2O2. The van der Waals surface area contributed by atoms with E-state index in [0.717, 1.165) is 18.7 Å². The van der Waals surface area contributed by atoms with E-state index < -0.39 is 0 Å². The quantitative estimate of drug-likeness (QED) is 0.703. The van der Waals surface area contributed by atoms with E-state index in [1.165, 1.54) is 11.1 Å². The largest absolute Gasteiger partial charge is 0.455 e. The van der Waals surface area contributed by atoms with Crippen LogP contribution in [0, 0.1) is 12.8 Å². The van der Waals surface area contributed by atoms with Crippen molar-refractivity contribution >= 4 is 5.91 Å². The number of carbonyl (C=O) groups excluding carboxylic acids is 1. The molecule has 2 rings (SSSR count). The van der Waals surface area contributed by atoms with E-state index in [9.17, 15) is 4.79 Å². The Kier molecular flexibility index (Phi) is 7.46. The summed E-state index contributed by atoms with van der Waals surface area (Å²) in [4.78, 5) is 14.5. The van der Waals surface area contributed by atoms with Crippen LogP contribution in [0.2, 0.25) is 0 Å². The van der Waals surface area contributed by atoms with Crippen LogP contribution in [0.3, 0.4) is 0 Å². The molecule has 0 bridgehead atoms. The Morgan fingerprint density at radius 2 is 1.88 bits per heavy atom. The summed E-state index contributed by atoms with van der Waals surface area (Å²) in [7, 11) is 0. The molecule has 0 aliphatic carbocycles. The van der Waals surface area contributed by atoms with E-state index in [0.29, 0.717) is 30.8 Å². The number of benzene rings is 1. The maximum Gasteiger partial charge on any atom is 0.286 e. The summed E-state index contributed by atoms with van der Waals surface area (Å²) in [6.07, 6.45) is 0.969. The number of aryl methyl sites for hydroxylation is 1. The summed E-state index contributed by atoms with van der Waals surface area (Å²) < 4.78 is 5.79. The molecule has 2 aromatic rings. The molecule has 142 valence electrons. The van der Waals surface area contributed by atoms with Crippen LogP contribution in [0.25, 0.3) is 0 Å². The fourth-order valence-corrected chi connectivity index (χ4v) is 2.81. The lowest BCUT2D eigenvalue weighted by Gasteiger charge is -2.25. The molecule has 0 saturated carbocycles. The van der Waals surface area contributed by atoms with Crippen LogP contribution in [0.1, 0.15) is 61.6 Å². The van der Waals surface area contributed by atoms with Crippen LogP contribution in [-0.2, 0) is 13.1 Å². The zero-order chi connectivity index (χ0) is 19.1. The van der Waals surface area contributed by atoms with Gasteiger partial charge in [0.1, 0.15) is 5.76 Å². The average molecular weight is 357 g/mol. The number of amides is 1. The highest BCUT2D eigenvalue weighted by Crippen LogP contribution is 2.16. The van der Waals surface area contributed by atoms with Crippen molar-refractivity contribution in [2.45, 2.75) is 60.2 Å². The van der Waals surface area contributed by atoms with Crippen LogP contribution in [-0.4, -0.2) is 23.4 Å². The molecule has 0 aliphatic rings. The van der Waals surface area contributed by atoms with Crippen molar-refractivity contribution in [3.63, 3.8) is 0 Å². The Morgan fingerprint density at radius 1 is 1.12 bits per heavy atom. The first-order valence-corrected chi connectivity index (χ1v) is 9.51. The van der Waals surface area contributed by atoms with Crippen molar-refractivity contribution in [2.75, 3.05) is 6.54 Å². The van der Waals surface area contributed by atoms with Crippen LogP contribution in [0.15, 0.2) is 40.8 Å². The van der Waals surface area contributed by atoms with Gasteiger partial charge < -0.3 is 9.73 Å². The zero-order valence-electron chi connectivity index (χ0n) is 16.7. The Bertz CT molecular complexity index is 704. The second kappa shape index (κ2) is 9.58.